The number of furan rings is 1. The van der Waals surface area contributed by atoms with E-state index in [0.717, 1.165) is 18.4 Å². The van der Waals surface area contributed by atoms with Crippen molar-refractivity contribution in [1.29, 1.82) is 0 Å². The van der Waals surface area contributed by atoms with Gasteiger partial charge in [-0.2, -0.15) is 0 Å². The van der Waals surface area contributed by atoms with E-state index in [2.05, 4.69) is 5.32 Å². The predicted molar refractivity (Wildman–Crippen MR) is 88.2 cm³/mol. The van der Waals surface area contributed by atoms with Crippen LogP contribution in [0.3, 0.4) is 0 Å². The van der Waals surface area contributed by atoms with Crippen molar-refractivity contribution in [2.24, 2.45) is 11.7 Å². The summed E-state index contributed by atoms with van der Waals surface area (Å²) in [6, 6.07) is 9.33. The Morgan fingerprint density at radius 3 is 2.59 bits per heavy atom. The van der Waals surface area contributed by atoms with Gasteiger partial charge in [0.1, 0.15) is 12.0 Å². The first-order valence-corrected chi connectivity index (χ1v) is 7.39. The number of carbonyl (C=O) groups is 1. The zero-order chi connectivity index (χ0) is 14.8. The van der Waals surface area contributed by atoms with Crippen LogP contribution < -0.4 is 11.1 Å². The molecule has 1 fully saturated rings. The van der Waals surface area contributed by atoms with Crippen LogP contribution in [-0.4, -0.2) is 5.91 Å². The lowest BCUT2D eigenvalue weighted by atomic mass is 10.0. The maximum absolute atomic E-state index is 12.3. The fourth-order valence-corrected chi connectivity index (χ4v) is 2.53. The number of carbonyl (C=O) groups excluding carboxylic acids is 1. The minimum Gasteiger partial charge on any atom is -0.467 e. The van der Waals surface area contributed by atoms with Gasteiger partial charge in [-0.3, -0.25) is 4.79 Å². The van der Waals surface area contributed by atoms with E-state index in [1.54, 1.807) is 6.07 Å². The third kappa shape index (κ3) is 3.83. The van der Waals surface area contributed by atoms with E-state index in [9.17, 15) is 4.79 Å². The second-order valence-electron chi connectivity index (χ2n) is 5.35. The molecule has 0 spiro atoms. The summed E-state index contributed by atoms with van der Waals surface area (Å²) in [5.41, 5.74) is 7.08. The summed E-state index contributed by atoms with van der Waals surface area (Å²) in [5, 5.41) is 3.78. The largest absolute Gasteiger partial charge is 0.467 e. The Labute approximate surface area is 140 Å². The van der Waals surface area contributed by atoms with E-state index in [1.165, 1.54) is 6.26 Å². The van der Waals surface area contributed by atoms with Crippen molar-refractivity contribution in [3.63, 3.8) is 0 Å². The average molecular weight is 341 g/mol. The van der Waals surface area contributed by atoms with Gasteiger partial charge in [-0.1, -0.05) is 23.7 Å². The molecular formula is C16H18Cl2N2O2. The minimum absolute atomic E-state index is 0. The first-order chi connectivity index (χ1) is 10.2. The first-order valence-electron chi connectivity index (χ1n) is 7.01. The van der Waals surface area contributed by atoms with Gasteiger partial charge in [-0.25, -0.2) is 0 Å². The van der Waals surface area contributed by atoms with Crippen molar-refractivity contribution in [3.05, 3.63) is 58.5 Å². The van der Waals surface area contributed by atoms with Crippen molar-refractivity contribution < 1.29 is 9.21 Å². The topological polar surface area (TPSA) is 68.3 Å². The SMILES string of the molecule is Cl.NCc1cc(C(=O)NC(c2ccc(Cl)cc2)C2CC2)co1. The van der Waals surface area contributed by atoms with Gasteiger partial charge < -0.3 is 15.5 Å². The van der Waals surface area contributed by atoms with E-state index in [1.807, 2.05) is 24.3 Å². The Hall–Kier alpha value is -1.49. The highest BCUT2D eigenvalue weighted by molar-refractivity contribution is 6.30. The molecular weight excluding hydrogens is 323 g/mol. The van der Waals surface area contributed by atoms with E-state index >= 15 is 0 Å². The Bertz CT molecular complexity index is 636. The normalized spacial score (nSPS) is 15.0. The zero-order valence-electron chi connectivity index (χ0n) is 11.9. The van der Waals surface area contributed by atoms with Gasteiger partial charge in [0.05, 0.1) is 18.2 Å². The van der Waals surface area contributed by atoms with Crippen LogP contribution in [0.15, 0.2) is 41.0 Å². The highest BCUT2D eigenvalue weighted by Crippen LogP contribution is 2.41. The van der Waals surface area contributed by atoms with Crippen LogP contribution in [0.1, 0.15) is 40.6 Å². The Morgan fingerprint density at radius 1 is 1.36 bits per heavy atom. The molecule has 1 saturated carbocycles. The van der Waals surface area contributed by atoms with Gasteiger partial charge in [0.25, 0.3) is 5.91 Å². The average Bonchev–Trinajstić information content (AvgIpc) is 3.22. The quantitative estimate of drug-likeness (QED) is 0.871. The van der Waals surface area contributed by atoms with E-state index in [0.29, 0.717) is 22.3 Å². The molecule has 0 radical (unpaired) electrons. The Kier molecular flexibility index (Phi) is 5.51. The lowest BCUT2D eigenvalue weighted by Gasteiger charge is -2.18. The molecule has 1 atom stereocenters. The second kappa shape index (κ2) is 7.18. The van der Waals surface area contributed by atoms with E-state index in [4.69, 9.17) is 21.8 Å². The lowest BCUT2D eigenvalue weighted by molar-refractivity contribution is 0.0931. The molecule has 6 heteroatoms. The third-order valence-electron chi connectivity index (χ3n) is 3.73. The summed E-state index contributed by atoms with van der Waals surface area (Å²) >= 11 is 5.92. The molecule has 0 saturated heterocycles. The van der Waals surface area contributed by atoms with Gasteiger partial charge in [0, 0.05) is 5.02 Å². The van der Waals surface area contributed by atoms with Crippen molar-refractivity contribution in [2.75, 3.05) is 0 Å². The number of halogens is 2. The number of nitrogens with two attached hydrogens (primary N) is 1. The van der Waals surface area contributed by atoms with Crippen LogP contribution in [0.5, 0.6) is 0 Å². The van der Waals surface area contributed by atoms with Gasteiger partial charge in [-0.05, 0) is 42.5 Å². The molecule has 1 aliphatic carbocycles. The van der Waals surface area contributed by atoms with Gasteiger partial charge >= 0.3 is 0 Å². The molecule has 2 aromatic rings. The molecule has 4 nitrogen and oxygen atoms in total. The number of rotatable bonds is 5. The molecule has 0 aliphatic heterocycles. The molecule has 1 amide bonds. The number of nitrogens with one attached hydrogen (secondary N) is 1. The van der Waals surface area contributed by atoms with Crippen LogP contribution in [0, 0.1) is 5.92 Å². The van der Waals surface area contributed by atoms with Gasteiger partial charge in [0.15, 0.2) is 0 Å². The maximum atomic E-state index is 12.3. The van der Waals surface area contributed by atoms with Crippen molar-refractivity contribution in [3.8, 4) is 0 Å². The molecule has 3 N–H and O–H groups in total. The summed E-state index contributed by atoms with van der Waals surface area (Å²) in [5.74, 6) is 0.968. The van der Waals surface area contributed by atoms with Crippen LogP contribution in [-0.2, 0) is 6.54 Å². The fourth-order valence-electron chi connectivity index (χ4n) is 2.40. The number of benzene rings is 1. The molecule has 0 bridgehead atoms. The van der Waals surface area contributed by atoms with E-state index in [-0.39, 0.29) is 30.9 Å². The highest BCUT2D eigenvalue weighted by Gasteiger charge is 2.33. The predicted octanol–water partition coefficient (Wildman–Crippen LogP) is 3.69. The molecule has 1 aliphatic rings. The van der Waals surface area contributed by atoms with Crippen LogP contribution in [0.2, 0.25) is 5.02 Å². The molecule has 118 valence electrons. The number of amides is 1. The van der Waals surface area contributed by atoms with E-state index < -0.39 is 0 Å². The number of hydrogen-bond acceptors (Lipinski definition) is 3. The monoisotopic (exact) mass is 340 g/mol. The Balaban J connectivity index is 0.00000176. The molecule has 1 aromatic heterocycles. The third-order valence-corrected chi connectivity index (χ3v) is 3.98. The summed E-state index contributed by atoms with van der Waals surface area (Å²) in [7, 11) is 0. The summed E-state index contributed by atoms with van der Waals surface area (Å²) in [6.07, 6.45) is 3.71. The Morgan fingerprint density at radius 2 is 2.05 bits per heavy atom. The van der Waals surface area contributed by atoms with Crippen LogP contribution in [0.4, 0.5) is 0 Å². The van der Waals surface area contributed by atoms with Crippen LogP contribution >= 0.6 is 24.0 Å². The summed E-state index contributed by atoms with van der Waals surface area (Å²) in [4.78, 5) is 12.3. The summed E-state index contributed by atoms with van der Waals surface area (Å²) in [6.45, 7) is 0.288. The zero-order valence-corrected chi connectivity index (χ0v) is 13.5. The van der Waals surface area contributed by atoms with Crippen LogP contribution in [0.25, 0.3) is 0 Å². The number of hydrogen-bond donors (Lipinski definition) is 2. The molecule has 3 rings (SSSR count). The van der Waals surface area contributed by atoms with Crippen molar-refractivity contribution in [1.82, 2.24) is 5.32 Å². The van der Waals surface area contributed by atoms with Gasteiger partial charge in [0.2, 0.25) is 0 Å². The van der Waals surface area contributed by atoms with Crippen molar-refractivity contribution >= 4 is 29.9 Å². The molecule has 1 aromatic carbocycles. The van der Waals surface area contributed by atoms with Gasteiger partial charge in [-0.15, -0.1) is 12.4 Å². The smallest absolute Gasteiger partial charge is 0.255 e. The lowest BCUT2D eigenvalue weighted by Crippen LogP contribution is -2.29. The molecule has 1 heterocycles. The molecule has 22 heavy (non-hydrogen) atoms. The first kappa shape index (κ1) is 16.9. The maximum Gasteiger partial charge on any atom is 0.255 e. The second-order valence-corrected chi connectivity index (χ2v) is 5.78. The molecule has 1 unspecified atom stereocenters. The standard InChI is InChI=1S/C16H17ClN2O2.ClH/c17-13-5-3-11(4-6-13)15(10-1-2-10)19-16(20)12-7-14(8-18)21-9-12;/h3-7,9-10,15H,1-2,8,18H2,(H,19,20);1H. The highest BCUT2D eigenvalue weighted by atomic mass is 35.5. The minimum atomic E-state index is -0.134. The fraction of sp³-hybridized carbons (Fsp3) is 0.312. The summed E-state index contributed by atoms with van der Waals surface area (Å²) < 4.78 is 5.21. The van der Waals surface area contributed by atoms with Crippen molar-refractivity contribution in [2.45, 2.75) is 25.4 Å².